The van der Waals surface area contributed by atoms with Gasteiger partial charge in [0.1, 0.15) is 5.82 Å². The number of aryl methyl sites for hydroxylation is 1. The van der Waals surface area contributed by atoms with Crippen molar-refractivity contribution in [3.63, 3.8) is 0 Å². The van der Waals surface area contributed by atoms with E-state index in [1.165, 1.54) is 5.56 Å². The maximum atomic E-state index is 10.8. The van der Waals surface area contributed by atoms with Gasteiger partial charge >= 0.3 is 0 Å². The molecule has 0 saturated carbocycles. The second-order valence-electron chi connectivity index (χ2n) is 5.62. The van der Waals surface area contributed by atoms with Crippen LogP contribution in [0.25, 0.3) is 0 Å². The van der Waals surface area contributed by atoms with Crippen LogP contribution in [0.15, 0.2) is 18.3 Å². The molecule has 2 rings (SSSR count). The molecule has 6 heteroatoms. The van der Waals surface area contributed by atoms with Crippen molar-refractivity contribution in [2.24, 2.45) is 0 Å². The third-order valence-corrected chi connectivity index (χ3v) is 4.33. The molecular weight excluding hydrogens is 288 g/mol. The number of nitrogens with one attached hydrogen (secondary N) is 1. The molecule has 21 heavy (non-hydrogen) atoms. The first-order valence-corrected chi connectivity index (χ1v) is 9.41. The predicted octanol–water partition coefficient (Wildman–Crippen LogP) is 2.74. The smallest absolute Gasteiger partial charge is 0.264 e. The van der Waals surface area contributed by atoms with Gasteiger partial charge in [0.05, 0.1) is 12.9 Å². The van der Waals surface area contributed by atoms with Gasteiger partial charge in [-0.05, 0) is 37.3 Å². The van der Waals surface area contributed by atoms with Gasteiger partial charge in [0, 0.05) is 12.2 Å². The fraction of sp³-hybridized carbons (Fsp3) is 0.667. The van der Waals surface area contributed by atoms with Crippen LogP contribution in [0.5, 0.6) is 0 Å². The van der Waals surface area contributed by atoms with Gasteiger partial charge in [-0.15, -0.1) is 0 Å². The Kier molecular flexibility index (Phi) is 5.99. The van der Waals surface area contributed by atoms with E-state index >= 15 is 0 Å². The van der Waals surface area contributed by atoms with Crippen LogP contribution in [0.3, 0.4) is 0 Å². The van der Waals surface area contributed by atoms with E-state index in [1.54, 1.807) is 0 Å². The Hall–Kier alpha value is -1.14. The topological polar surface area (TPSA) is 68.3 Å². The van der Waals surface area contributed by atoms with Gasteiger partial charge in [-0.1, -0.05) is 25.3 Å². The average Bonchev–Trinajstić information content (AvgIpc) is 2.45. The van der Waals surface area contributed by atoms with Crippen molar-refractivity contribution in [1.29, 1.82) is 0 Å². The molecule has 0 fully saturated rings. The molecule has 1 aromatic rings. The number of anilines is 1. The summed E-state index contributed by atoms with van der Waals surface area (Å²) in [6.45, 7) is 0.303. The fourth-order valence-corrected chi connectivity index (χ4v) is 3.06. The van der Waals surface area contributed by atoms with Crippen LogP contribution in [0.1, 0.15) is 44.1 Å². The summed E-state index contributed by atoms with van der Waals surface area (Å²) < 4.78 is 26.3. The zero-order valence-electron chi connectivity index (χ0n) is 12.5. The summed E-state index contributed by atoms with van der Waals surface area (Å²) in [6, 6.07) is 4.63. The van der Waals surface area contributed by atoms with Crippen LogP contribution in [-0.4, -0.2) is 32.3 Å². The maximum Gasteiger partial charge on any atom is 0.264 e. The summed E-state index contributed by atoms with van der Waals surface area (Å²) in [5.74, 6) is 1.04. The Bertz CT molecular complexity index is 546. The lowest BCUT2D eigenvalue weighted by Gasteiger charge is -2.25. The number of fused-ring (bicyclic) bond motifs is 1. The van der Waals surface area contributed by atoms with Gasteiger partial charge in [-0.2, -0.15) is 8.42 Å². The molecule has 1 aliphatic rings. The number of aromatic nitrogens is 1. The Morgan fingerprint density at radius 2 is 2.14 bits per heavy atom. The van der Waals surface area contributed by atoms with Crippen LogP contribution in [0.2, 0.25) is 0 Å². The average molecular weight is 312 g/mol. The highest BCUT2D eigenvalue weighted by molar-refractivity contribution is 7.85. The van der Waals surface area contributed by atoms with Gasteiger partial charge in [0.2, 0.25) is 0 Å². The van der Waals surface area contributed by atoms with Gasteiger partial charge < -0.3 is 5.32 Å². The lowest BCUT2D eigenvalue weighted by molar-refractivity contribution is 0.309. The van der Waals surface area contributed by atoms with Crippen molar-refractivity contribution < 1.29 is 12.6 Å². The van der Waals surface area contributed by atoms with Gasteiger partial charge in [0.15, 0.2) is 0 Å². The molecule has 0 bridgehead atoms. The molecule has 2 heterocycles. The third kappa shape index (κ3) is 6.01. The second-order valence-corrected chi connectivity index (χ2v) is 7.26. The summed E-state index contributed by atoms with van der Waals surface area (Å²) in [6.07, 6.45) is 10.4. The minimum absolute atomic E-state index is 0.303. The molecule has 0 spiro atoms. The lowest BCUT2D eigenvalue weighted by atomic mass is 9.96. The van der Waals surface area contributed by atoms with E-state index in [0.717, 1.165) is 57.0 Å². The summed E-state index contributed by atoms with van der Waals surface area (Å²) >= 11 is 0. The highest BCUT2D eigenvalue weighted by atomic mass is 32.2. The number of hydrogen-bond acceptors (Lipinski definition) is 5. The molecule has 118 valence electrons. The minimum atomic E-state index is -3.28. The summed E-state index contributed by atoms with van der Waals surface area (Å²) in [5.41, 5.74) is 1.31. The van der Waals surface area contributed by atoms with E-state index in [9.17, 15) is 8.42 Å². The quantitative estimate of drug-likeness (QED) is 0.590. The van der Waals surface area contributed by atoms with Crippen molar-refractivity contribution in [2.45, 2.75) is 51.0 Å². The molecule has 0 unspecified atom stereocenters. The Morgan fingerprint density at radius 3 is 2.95 bits per heavy atom. The summed E-state index contributed by atoms with van der Waals surface area (Å²) in [7, 11) is -3.28. The number of nitrogens with zero attached hydrogens (tertiary/aromatic N) is 1. The Balaban J connectivity index is 1.56. The molecule has 1 atom stereocenters. The zero-order chi connectivity index (χ0) is 15.1. The van der Waals surface area contributed by atoms with E-state index in [-0.39, 0.29) is 0 Å². The van der Waals surface area contributed by atoms with E-state index in [1.807, 2.05) is 12.3 Å². The monoisotopic (exact) mass is 312 g/mol. The number of hydrogen-bond donors (Lipinski definition) is 1. The molecule has 0 amide bonds. The lowest BCUT2D eigenvalue weighted by Crippen LogP contribution is -2.26. The van der Waals surface area contributed by atoms with Crippen LogP contribution < -0.4 is 5.32 Å². The van der Waals surface area contributed by atoms with Crippen LogP contribution in [-0.2, 0) is 20.7 Å². The standard InChI is InChI=1S/C15H24N2O3S/c1-21(18,19)20-12-5-3-2-4-8-14-10-9-13-7-6-11-16-15(13)17-14/h6-7,11,14H,2-5,8-10,12H2,1H3,(H,16,17)/t14-/m1/s1. The summed E-state index contributed by atoms with van der Waals surface area (Å²) in [4.78, 5) is 4.38. The first-order chi connectivity index (χ1) is 10.0. The highest BCUT2D eigenvalue weighted by Gasteiger charge is 2.17. The van der Waals surface area contributed by atoms with Crippen LogP contribution in [0.4, 0.5) is 5.82 Å². The normalized spacial score (nSPS) is 18.0. The van der Waals surface area contributed by atoms with Gasteiger partial charge in [-0.3, -0.25) is 4.18 Å². The first-order valence-electron chi connectivity index (χ1n) is 7.59. The van der Waals surface area contributed by atoms with Crippen molar-refractivity contribution in [3.8, 4) is 0 Å². The van der Waals surface area contributed by atoms with Crippen molar-refractivity contribution in [2.75, 3.05) is 18.2 Å². The van der Waals surface area contributed by atoms with E-state index in [0.29, 0.717) is 12.6 Å². The second kappa shape index (κ2) is 7.75. The maximum absolute atomic E-state index is 10.8. The number of rotatable bonds is 8. The van der Waals surface area contributed by atoms with Crippen LogP contribution in [0, 0.1) is 0 Å². The molecular formula is C15H24N2O3S. The van der Waals surface area contributed by atoms with Gasteiger partial charge in [0.25, 0.3) is 10.1 Å². The molecule has 1 N–H and O–H groups in total. The molecule has 5 nitrogen and oxygen atoms in total. The first kappa shape index (κ1) is 16.2. The van der Waals surface area contributed by atoms with Crippen molar-refractivity contribution in [3.05, 3.63) is 23.9 Å². The zero-order valence-corrected chi connectivity index (χ0v) is 13.4. The summed E-state index contributed by atoms with van der Waals surface area (Å²) in [5, 5.41) is 3.50. The fourth-order valence-electron chi connectivity index (χ4n) is 2.64. The van der Waals surface area contributed by atoms with E-state index in [4.69, 9.17) is 4.18 Å². The molecule has 0 aromatic carbocycles. The van der Waals surface area contributed by atoms with Crippen LogP contribution >= 0.6 is 0 Å². The molecule has 0 radical (unpaired) electrons. The van der Waals surface area contributed by atoms with E-state index < -0.39 is 10.1 Å². The largest absolute Gasteiger partial charge is 0.367 e. The third-order valence-electron chi connectivity index (χ3n) is 3.74. The molecule has 0 aliphatic carbocycles. The number of unbranched alkanes of at least 4 members (excludes halogenated alkanes) is 3. The SMILES string of the molecule is CS(=O)(=O)OCCCCCC[C@@H]1CCc2cccnc2N1. The van der Waals surface area contributed by atoms with Crippen molar-refractivity contribution in [1.82, 2.24) is 4.98 Å². The molecule has 1 aliphatic heterocycles. The molecule has 0 saturated heterocycles. The van der Waals surface area contributed by atoms with E-state index in [2.05, 4.69) is 16.4 Å². The Morgan fingerprint density at radius 1 is 1.33 bits per heavy atom. The number of pyridine rings is 1. The molecule has 1 aromatic heterocycles. The Labute approximate surface area is 127 Å². The van der Waals surface area contributed by atoms with Gasteiger partial charge in [-0.25, -0.2) is 4.98 Å². The minimum Gasteiger partial charge on any atom is -0.367 e. The predicted molar refractivity (Wildman–Crippen MR) is 83.8 cm³/mol. The van der Waals surface area contributed by atoms with Crippen molar-refractivity contribution >= 4 is 15.9 Å². The highest BCUT2D eigenvalue weighted by Crippen LogP contribution is 2.24.